The lowest BCUT2D eigenvalue weighted by molar-refractivity contribution is 0.592. The van der Waals surface area contributed by atoms with Gasteiger partial charge in [0.1, 0.15) is 0 Å². The highest BCUT2D eigenvalue weighted by molar-refractivity contribution is 7.87. The van der Waals surface area contributed by atoms with Crippen molar-refractivity contribution < 1.29 is 9.13 Å². The van der Waals surface area contributed by atoms with Gasteiger partial charge in [-0.25, -0.2) is 0 Å². The fraction of sp³-hybridized carbons (Fsp3) is 0. The first kappa shape index (κ1) is 19.5. The van der Waals surface area contributed by atoms with E-state index in [0.717, 1.165) is 54.1 Å². The molecular formula is C28H18O2P2S. The van der Waals surface area contributed by atoms with Crippen molar-refractivity contribution in [3.8, 4) is 22.3 Å². The van der Waals surface area contributed by atoms with Gasteiger partial charge >= 0.3 is 0 Å². The van der Waals surface area contributed by atoms with Gasteiger partial charge < -0.3 is 9.13 Å². The maximum Gasteiger partial charge on any atom is 0.173 e. The number of hydrogen-bond acceptors (Lipinski definition) is 3. The number of hydrogen-bond donors (Lipinski definition) is 0. The van der Waals surface area contributed by atoms with Crippen molar-refractivity contribution in [3.05, 3.63) is 108 Å². The van der Waals surface area contributed by atoms with E-state index in [1.54, 1.807) is 11.3 Å². The van der Waals surface area contributed by atoms with Gasteiger partial charge in [-0.3, -0.25) is 0 Å². The Kier molecular flexibility index (Phi) is 4.01. The zero-order valence-corrected chi connectivity index (χ0v) is 20.1. The van der Waals surface area contributed by atoms with Gasteiger partial charge in [-0.1, -0.05) is 84.9 Å². The zero-order valence-electron chi connectivity index (χ0n) is 17.5. The first-order valence-electron chi connectivity index (χ1n) is 10.8. The van der Waals surface area contributed by atoms with E-state index in [1.165, 1.54) is 0 Å². The fourth-order valence-electron chi connectivity index (χ4n) is 5.33. The van der Waals surface area contributed by atoms with Crippen LogP contribution in [0.2, 0.25) is 0 Å². The second-order valence-electron chi connectivity index (χ2n) is 8.46. The lowest BCUT2D eigenvalue weighted by Crippen LogP contribution is -2.23. The summed E-state index contributed by atoms with van der Waals surface area (Å²) in [5.74, 6) is 0. The molecule has 3 heterocycles. The molecule has 1 aromatic heterocycles. The van der Waals surface area contributed by atoms with E-state index in [1.807, 2.05) is 90.3 Å². The summed E-state index contributed by atoms with van der Waals surface area (Å²) in [6, 6.07) is 31.7. The van der Waals surface area contributed by atoms with E-state index in [0.29, 0.717) is 0 Å². The average Bonchev–Trinajstić information content (AvgIpc) is 3.53. The summed E-state index contributed by atoms with van der Waals surface area (Å²) in [6.07, 6.45) is 0. The second-order valence-corrected chi connectivity index (χ2v) is 14.6. The average molecular weight is 480 g/mol. The maximum atomic E-state index is 14.9. The number of thiophene rings is 1. The molecule has 0 amide bonds. The molecule has 0 bridgehead atoms. The van der Waals surface area contributed by atoms with Crippen LogP contribution in [0.1, 0.15) is 0 Å². The van der Waals surface area contributed by atoms with Crippen molar-refractivity contribution in [2.75, 3.05) is 0 Å². The van der Waals surface area contributed by atoms with Crippen molar-refractivity contribution in [1.29, 1.82) is 0 Å². The van der Waals surface area contributed by atoms with E-state index in [9.17, 15) is 9.13 Å². The molecule has 5 aromatic rings. The topological polar surface area (TPSA) is 34.1 Å². The van der Waals surface area contributed by atoms with Crippen LogP contribution in [0.25, 0.3) is 22.3 Å². The van der Waals surface area contributed by atoms with Crippen LogP contribution in [0.5, 0.6) is 0 Å². The van der Waals surface area contributed by atoms with Gasteiger partial charge in [0.2, 0.25) is 0 Å². The first-order valence-corrected chi connectivity index (χ1v) is 15.2. The molecule has 0 spiro atoms. The smallest absolute Gasteiger partial charge is 0.173 e. The summed E-state index contributed by atoms with van der Waals surface area (Å²) >= 11 is 1.58. The molecule has 0 radical (unpaired) electrons. The van der Waals surface area contributed by atoms with Crippen LogP contribution in [-0.4, -0.2) is 0 Å². The predicted octanol–water partition coefficient (Wildman–Crippen LogP) is 4.99. The van der Waals surface area contributed by atoms with E-state index in [4.69, 9.17) is 0 Å². The van der Waals surface area contributed by atoms with Gasteiger partial charge in [0.15, 0.2) is 14.3 Å². The molecule has 7 rings (SSSR count). The molecule has 0 saturated carbocycles. The molecule has 33 heavy (non-hydrogen) atoms. The van der Waals surface area contributed by atoms with E-state index in [2.05, 4.69) is 17.5 Å². The number of rotatable bonds is 2. The Bertz CT molecular complexity index is 1670. The normalized spacial score (nSPS) is 21.8. The molecular weight excluding hydrogens is 462 g/mol. The summed E-state index contributed by atoms with van der Waals surface area (Å²) in [6.45, 7) is 0. The van der Waals surface area contributed by atoms with Crippen molar-refractivity contribution in [1.82, 2.24) is 0 Å². The molecule has 5 heteroatoms. The molecule has 2 aliphatic rings. The minimum absolute atomic E-state index is 0.839. The van der Waals surface area contributed by atoms with E-state index in [-0.39, 0.29) is 0 Å². The maximum absolute atomic E-state index is 14.9. The van der Waals surface area contributed by atoms with E-state index < -0.39 is 14.3 Å². The van der Waals surface area contributed by atoms with Crippen molar-refractivity contribution >= 4 is 57.4 Å². The molecule has 0 fully saturated rings. The van der Waals surface area contributed by atoms with Crippen LogP contribution in [0.3, 0.4) is 0 Å². The monoisotopic (exact) mass is 480 g/mol. The number of fused-ring (bicyclic) bond motifs is 6. The van der Waals surface area contributed by atoms with E-state index >= 15 is 0 Å². The van der Waals surface area contributed by atoms with Crippen molar-refractivity contribution in [2.24, 2.45) is 0 Å². The Labute approximate surface area is 196 Å². The van der Waals surface area contributed by atoms with Crippen LogP contribution in [0.4, 0.5) is 0 Å². The Morgan fingerprint density at radius 2 is 0.970 bits per heavy atom. The van der Waals surface area contributed by atoms with Crippen LogP contribution in [0, 0.1) is 0 Å². The zero-order chi connectivity index (χ0) is 22.2. The molecule has 0 saturated heterocycles. The van der Waals surface area contributed by atoms with Gasteiger partial charge in [0.05, 0.1) is 0 Å². The van der Waals surface area contributed by atoms with Gasteiger partial charge in [0, 0.05) is 42.8 Å². The quantitative estimate of drug-likeness (QED) is 0.327. The molecule has 2 nitrogen and oxygen atoms in total. The minimum Gasteiger partial charge on any atom is -0.309 e. The highest BCUT2D eigenvalue weighted by Crippen LogP contribution is 2.57. The Morgan fingerprint density at radius 3 is 1.61 bits per heavy atom. The Balaban J connectivity index is 1.59. The van der Waals surface area contributed by atoms with Crippen molar-refractivity contribution in [3.63, 3.8) is 0 Å². The molecule has 158 valence electrons. The van der Waals surface area contributed by atoms with Crippen LogP contribution in [0.15, 0.2) is 108 Å². The van der Waals surface area contributed by atoms with Crippen LogP contribution < -0.4 is 31.8 Å². The molecule has 2 unspecified atom stereocenters. The third kappa shape index (κ3) is 2.40. The van der Waals surface area contributed by atoms with Crippen LogP contribution >= 0.6 is 25.6 Å². The van der Waals surface area contributed by atoms with Crippen LogP contribution in [-0.2, 0) is 9.13 Å². The molecule has 2 aliphatic heterocycles. The molecule has 0 aliphatic carbocycles. The van der Waals surface area contributed by atoms with Crippen molar-refractivity contribution in [2.45, 2.75) is 0 Å². The summed E-state index contributed by atoms with van der Waals surface area (Å²) in [5, 5.41) is 9.29. The first-order chi connectivity index (χ1) is 16.1. The Morgan fingerprint density at radius 1 is 0.455 bits per heavy atom. The van der Waals surface area contributed by atoms with Gasteiger partial charge in [-0.2, -0.15) is 11.3 Å². The highest BCUT2D eigenvalue weighted by atomic mass is 32.1. The highest BCUT2D eigenvalue weighted by Gasteiger charge is 2.46. The lowest BCUT2D eigenvalue weighted by atomic mass is 10.0. The summed E-state index contributed by atoms with van der Waals surface area (Å²) in [5.41, 5.74) is 3.90. The largest absolute Gasteiger partial charge is 0.309 e. The third-order valence-electron chi connectivity index (χ3n) is 6.84. The Hall–Kier alpha value is -2.96. The minimum atomic E-state index is -3.03. The fourth-order valence-corrected chi connectivity index (χ4v) is 12.8. The summed E-state index contributed by atoms with van der Waals surface area (Å²) < 4.78 is 29.7. The van der Waals surface area contributed by atoms with Gasteiger partial charge in [-0.15, -0.1) is 0 Å². The standard InChI is InChI=1S/C28H18O2P2S/c29-31(19-9-3-1-4-10-19)25-14-8-7-13-21(25)22-15-27-23(16-26(22)31)24-17-33-18-28(24)32(27,30)20-11-5-2-6-12-20/h1-18H. The molecule has 0 N–H and O–H groups in total. The predicted molar refractivity (Wildman–Crippen MR) is 141 cm³/mol. The van der Waals surface area contributed by atoms with Gasteiger partial charge in [-0.05, 0) is 34.2 Å². The SMILES string of the molecule is O=P1(c2ccccc2)c2ccccc2-c2cc3c(cc21)-c1cscc1P3(=O)c1ccccc1. The third-order valence-corrected chi connectivity index (χ3v) is 14.0. The summed E-state index contributed by atoms with van der Waals surface area (Å²) in [7, 11) is -6.02. The molecule has 4 aromatic carbocycles. The molecule has 2 atom stereocenters. The van der Waals surface area contributed by atoms with Gasteiger partial charge in [0.25, 0.3) is 0 Å². The number of benzene rings is 4. The summed E-state index contributed by atoms with van der Waals surface area (Å²) in [4.78, 5) is 0. The lowest BCUT2D eigenvalue weighted by Gasteiger charge is -2.18. The second kappa shape index (κ2) is 6.78.